The number of benzene rings is 2. The molecule has 180 valence electrons. The van der Waals surface area contributed by atoms with Gasteiger partial charge in [0.05, 0.1) is 29.0 Å². The van der Waals surface area contributed by atoms with Crippen LogP contribution in [0.2, 0.25) is 0 Å². The summed E-state index contributed by atoms with van der Waals surface area (Å²) in [7, 11) is 5.55. The maximum atomic E-state index is 13.6. The van der Waals surface area contributed by atoms with Gasteiger partial charge in [-0.05, 0) is 48.4 Å². The van der Waals surface area contributed by atoms with Gasteiger partial charge in [-0.15, -0.1) is 0 Å². The number of methoxy groups -OCH3 is 1. The number of ether oxygens (including phenoxy) is 2. The molecule has 0 spiro atoms. The van der Waals surface area contributed by atoms with Crippen molar-refractivity contribution in [1.29, 1.82) is 0 Å². The topological polar surface area (TPSA) is 73.1 Å². The lowest BCUT2D eigenvalue weighted by Gasteiger charge is -2.24. The number of anilines is 1. The molecule has 0 amide bonds. The molecule has 1 aliphatic heterocycles. The van der Waals surface area contributed by atoms with Crippen molar-refractivity contribution in [2.75, 3.05) is 32.7 Å². The summed E-state index contributed by atoms with van der Waals surface area (Å²) in [6.07, 6.45) is 3.36. The summed E-state index contributed by atoms with van der Waals surface area (Å²) >= 11 is 1.30. The van der Waals surface area contributed by atoms with Crippen LogP contribution in [0.1, 0.15) is 24.1 Å². The molecule has 0 N–H and O–H groups in total. The average molecular weight is 490 g/mol. The second kappa shape index (κ2) is 10.1. The fraction of sp³-hybridized carbons (Fsp3) is 0.222. The minimum absolute atomic E-state index is 0.0678. The first-order valence-electron chi connectivity index (χ1n) is 11.1. The van der Waals surface area contributed by atoms with E-state index in [2.05, 4.69) is 11.6 Å². The van der Waals surface area contributed by atoms with Gasteiger partial charge in [0.1, 0.15) is 12.4 Å². The molecule has 0 aliphatic carbocycles. The van der Waals surface area contributed by atoms with Crippen LogP contribution >= 0.6 is 11.3 Å². The smallest absolute Gasteiger partial charge is 0.338 e. The molecule has 4 rings (SSSR count). The van der Waals surface area contributed by atoms with Gasteiger partial charge in [-0.3, -0.25) is 9.36 Å². The zero-order chi connectivity index (χ0) is 25.1. The van der Waals surface area contributed by atoms with Gasteiger partial charge in [0.2, 0.25) is 0 Å². The molecule has 2 aromatic carbocycles. The Balaban J connectivity index is 1.88. The maximum absolute atomic E-state index is 13.6. The van der Waals surface area contributed by atoms with Gasteiger partial charge >= 0.3 is 5.97 Å². The van der Waals surface area contributed by atoms with Crippen LogP contribution in [0.3, 0.4) is 0 Å². The van der Waals surface area contributed by atoms with Crippen LogP contribution in [-0.2, 0) is 9.53 Å². The first kappa shape index (κ1) is 24.2. The van der Waals surface area contributed by atoms with Crippen molar-refractivity contribution in [3.8, 4) is 5.75 Å². The van der Waals surface area contributed by atoms with E-state index < -0.39 is 12.0 Å². The van der Waals surface area contributed by atoms with E-state index in [0.29, 0.717) is 26.4 Å². The second-order valence-corrected chi connectivity index (χ2v) is 9.24. The molecular weight excluding hydrogens is 462 g/mol. The Labute approximate surface area is 207 Å². The molecule has 0 radical (unpaired) electrons. The van der Waals surface area contributed by atoms with Gasteiger partial charge < -0.3 is 14.4 Å². The minimum Gasteiger partial charge on any atom is -0.497 e. The molecule has 1 unspecified atom stereocenters. The number of carbonyl (C=O) groups excluding carboxylic acids is 1. The Morgan fingerprint density at radius 2 is 1.86 bits per heavy atom. The summed E-state index contributed by atoms with van der Waals surface area (Å²) in [5.41, 5.74) is 3.36. The van der Waals surface area contributed by atoms with Crippen molar-refractivity contribution >= 4 is 29.1 Å². The van der Waals surface area contributed by atoms with Gasteiger partial charge in [0.15, 0.2) is 4.80 Å². The Morgan fingerprint density at radius 3 is 2.46 bits per heavy atom. The molecule has 2 heterocycles. The predicted molar refractivity (Wildman–Crippen MR) is 139 cm³/mol. The fourth-order valence-corrected chi connectivity index (χ4v) is 4.96. The van der Waals surface area contributed by atoms with Crippen molar-refractivity contribution < 1.29 is 14.3 Å². The summed E-state index contributed by atoms with van der Waals surface area (Å²) in [6, 6.07) is 14.6. The van der Waals surface area contributed by atoms with Crippen molar-refractivity contribution in [3.05, 3.63) is 103 Å². The molecular formula is C27H27N3O4S. The predicted octanol–water partition coefficient (Wildman–Crippen LogP) is 3.04. The number of carbonyl (C=O) groups is 1. The number of rotatable bonds is 7. The molecule has 0 bridgehead atoms. The van der Waals surface area contributed by atoms with Crippen LogP contribution in [0.4, 0.5) is 5.69 Å². The largest absolute Gasteiger partial charge is 0.497 e. The second-order valence-electron chi connectivity index (χ2n) is 8.23. The molecule has 35 heavy (non-hydrogen) atoms. The first-order valence-corrected chi connectivity index (χ1v) is 11.9. The van der Waals surface area contributed by atoms with E-state index in [0.717, 1.165) is 16.8 Å². The van der Waals surface area contributed by atoms with E-state index >= 15 is 0 Å². The summed E-state index contributed by atoms with van der Waals surface area (Å²) in [5, 5.41) is 0. The molecule has 0 saturated heterocycles. The minimum atomic E-state index is -0.673. The monoisotopic (exact) mass is 489 g/mol. The Hall–Kier alpha value is -3.91. The summed E-state index contributed by atoms with van der Waals surface area (Å²) in [6.45, 7) is 5.44. The zero-order valence-electron chi connectivity index (χ0n) is 20.1. The van der Waals surface area contributed by atoms with Crippen LogP contribution in [0.15, 0.2) is 82.2 Å². The lowest BCUT2D eigenvalue weighted by molar-refractivity contribution is -0.138. The van der Waals surface area contributed by atoms with Gasteiger partial charge in [-0.25, -0.2) is 9.79 Å². The van der Waals surface area contributed by atoms with Crippen LogP contribution in [0.25, 0.3) is 6.08 Å². The van der Waals surface area contributed by atoms with E-state index in [1.54, 1.807) is 30.7 Å². The molecule has 1 aromatic heterocycles. The number of thiazole rings is 1. The third kappa shape index (κ3) is 4.83. The lowest BCUT2D eigenvalue weighted by Crippen LogP contribution is -2.39. The van der Waals surface area contributed by atoms with Crippen LogP contribution in [-0.4, -0.2) is 38.3 Å². The van der Waals surface area contributed by atoms with Crippen LogP contribution in [0.5, 0.6) is 5.75 Å². The highest BCUT2D eigenvalue weighted by atomic mass is 32.1. The standard InChI is InChI=1S/C27H27N3O4S/c1-6-15-34-26(32)23-17(2)28-27-30(24(23)19-9-13-21(33-5)14-10-19)25(31)22(35-27)16-18-7-11-20(12-8-18)29(3)4/h6-14,16,24H,1,15H2,2-5H3/b22-16+. The highest BCUT2D eigenvalue weighted by molar-refractivity contribution is 7.07. The summed E-state index contributed by atoms with van der Waals surface area (Å²) < 4.78 is 12.8. The Bertz CT molecular complexity index is 1460. The Kier molecular flexibility index (Phi) is 7.02. The lowest BCUT2D eigenvalue weighted by atomic mass is 9.96. The highest BCUT2D eigenvalue weighted by Gasteiger charge is 2.33. The number of hydrogen-bond acceptors (Lipinski definition) is 7. The van der Waals surface area contributed by atoms with Crippen molar-refractivity contribution in [2.45, 2.75) is 13.0 Å². The van der Waals surface area contributed by atoms with E-state index in [1.165, 1.54) is 17.4 Å². The van der Waals surface area contributed by atoms with Crippen molar-refractivity contribution in [3.63, 3.8) is 0 Å². The number of allylic oxidation sites excluding steroid dienone is 1. The van der Waals surface area contributed by atoms with Gasteiger partial charge in [-0.2, -0.15) is 0 Å². The fourth-order valence-electron chi connectivity index (χ4n) is 3.92. The number of nitrogens with zero attached hydrogens (tertiary/aromatic N) is 3. The highest BCUT2D eigenvalue weighted by Crippen LogP contribution is 2.31. The quantitative estimate of drug-likeness (QED) is 0.377. The van der Waals surface area contributed by atoms with Crippen LogP contribution in [0, 0.1) is 0 Å². The molecule has 7 nitrogen and oxygen atoms in total. The third-order valence-corrected chi connectivity index (χ3v) is 6.70. The molecule has 1 atom stereocenters. The SMILES string of the molecule is C=CCOC(=O)C1=C(C)N=c2s/c(=C/c3ccc(N(C)C)cc3)c(=O)n2C1c1ccc(OC)cc1. The average Bonchev–Trinajstić information content (AvgIpc) is 3.16. The Morgan fingerprint density at radius 1 is 1.17 bits per heavy atom. The van der Waals surface area contributed by atoms with Crippen LogP contribution < -0.4 is 24.5 Å². The molecule has 1 aliphatic rings. The first-order chi connectivity index (χ1) is 16.8. The van der Waals surface area contributed by atoms with E-state index in [9.17, 15) is 9.59 Å². The summed E-state index contributed by atoms with van der Waals surface area (Å²) in [5.74, 6) is 0.152. The summed E-state index contributed by atoms with van der Waals surface area (Å²) in [4.78, 5) is 33.8. The zero-order valence-corrected chi connectivity index (χ0v) is 21.0. The van der Waals surface area contributed by atoms with Gasteiger partial charge in [-0.1, -0.05) is 48.3 Å². The van der Waals surface area contributed by atoms with E-state index in [4.69, 9.17) is 9.47 Å². The van der Waals surface area contributed by atoms with Gasteiger partial charge in [0.25, 0.3) is 5.56 Å². The third-order valence-electron chi connectivity index (χ3n) is 5.71. The van der Waals surface area contributed by atoms with Crippen molar-refractivity contribution in [2.24, 2.45) is 4.99 Å². The van der Waals surface area contributed by atoms with Crippen molar-refractivity contribution in [1.82, 2.24) is 4.57 Å². The number of esters is 1. The molecule has 8 heteroatoms. The molecule has 3 aromatic rings. The van der Waals surface area contributed by atoms with Gasteiger partial charge in [0, 0.05) is 19.8 Å². The number of hydrogen-bond donors (Lipinski definition) is 0. The number of aromatic nitrogens is 1. The number of fused-ring (bicyclic) bond motifs is 1. The normalized spacial score (nSPS) is 15.3. The molecule has 0 saturated carbocycles. The molecule has 0 fully saturated rings. The van der Waals surface area contributed by atoms with E-state index in [1.807, 2.05) is 61.5 Å². The van der Waals surface area contributed by atoms with E-state index in [-0.39, 0.29) is 12.2 Å². The maximum Gasteiger partial charge on any atom is 0.338 e.